The minimum atomic E-state index is -1.12. The van der Waals surface area contributed by atoms with Crippen molar-refractivity contribution in [2.24, 2.45) is 4.99 Å². The van der Waals surface area contributed by atoms with Crippen molar-refractivity contribution < 1.29 is 18.0 Å². The minimum Gasteiger partial charge on any atom is -0.354 e. The lowest BCUT2D eigenvalue weighted by molar-refractivity contribution is 0.100. The van der Waals surface area contributed by atoms with Gasteiger partial charge in [0.2, 0.25) is 5.96 Å². The molecular weight excluding hydrogens is 419 g/mol. The summed E-state index contributed by atoms with van der Waals surface area (Å²) in [7, 11) is 0. The zero-order valence-corrected chi connectivity index (χ0v) is 17.0. The fourth-order valence-corrected chi connectivity index (χ4v) is 3.22. The van der Waals surface area contributed by atoms with Crippen LogP contribution in [0.25, 0.3) is 0 Å². The van der Waals surface area contributed by atoms with Gasteiger partial charge in [0.1, 0.15) is 5.82 Å². The molecule has 1 fully saturated rings. The number of carbonyl (C=O) groups excluding carboxylic acids is 1. The number of nitrogens with one attached hydrogen (secondary N) is 4. The number of halogens is 4. The normalized spacial score (nSPS) is 19.2. The van der Waals surface area contributed by atoms with Crippen LogP contribution in [0.1, 0.15) is 42.2 Å². The summed E-state index contributed by atoms with van der Waals surface area (Å²) in [6.45, 7) is 3.72. The Kier molecular flexibility index (Phi) is 6.96. The van der Waals surface area contributed by atoms with Crippen LogP contribution >= 0.6 is 11.6 Å². The Morgan fingerprint density at radius 1 is 1.13 bits per heavy atom. The fourth-order valence-electron chi connectivity index (χ4n) is 2.99. The fraction of sp³-hybridized carbons (Fsp3) is 0.300. The molecule has 30 heavy (non-hydrogen) atoms. The van der Waals surface area contributed by atoms with Gasteiger partial charge in [-0.1, -0.05) is 11.6 Å². The summed E-state index contributed by atoms with van der Waals surface area (Å²) < 4.78 is 40.1. The molecule has 3 rings (SSSR count). The third kappa shape index (κ3) is 5.71. The van der Waals surface area contributed by atoms with Crippen LogP contribution in [0.2, 0.25) is 5.02 Å². The van der Waals surface area contributed by atoms with Crippen LogP contribution in [-0.4, -0.2) is 24.1 Å². The molecule has 4 N–H and O–H groups in total. The number of benzene rings is 2. The molecule has 0 spiro atoms. The van der Waals surface area contributed by atoms with E-state index < -0.39 is 23.4 Å². The van der Waals surface area contributed by atoms with E-state index >= 15 is 0 Å². The Hall–Kier alpha value is -2.62. The van der Waals surface area contributed by atoms with Crippen molar-refractivity contribution in [2.75, 3.05) is 0 Å². The molecule has 10 heteroatoms. The van der Waals surface area contributed by atoms with Crippen LogP contribution in [0.15, 0.2) is 41.4 Å². The van der Waals surface area contributed by atoms with Crippen molar-refractivity contribution in [2.45, 2.75) is 38.5 Å². The predicted molar refractivity (Wildman–Crippen MR) is 108 cm³/mol. The molecule has 2 aromatic rings. The SMILES string of the molecule is CC(C)N/C(=N/C(=O)c1ccc(F)c(F)c1)NC1CC(c2cc(F)cc(Cl)c2)NN1. The van der Waals surface area contributed by atoms with E-state index in [2.05, 4.69) is 26.5 Å². The number of amides is 1. The van der Waals surface area contributed by atoms with Gasteiger partial charge in [-0.15, -0.1) is 0 Å². The van der Waals surface area contributed by atoms with Crippen molar-refractivity contribution in [1.29, 1.82) is 0 Å². The summed E-state index contributed by atoms with van der Waals surface area (Å²) >= 11 is 5.92. The Morgan fingerprint density at radius 2 is 1.90 bits per heavy atom. The number of aliphatic imine (C=N–C) groups is 1. The molecule has 0 bridgehead atoms. The maximum Gasteiger partial charge on any atom is 0.280 e. The molecule has 1 aliphatic heterocycles. The van der Waals surface area contributed by atoms with Crippen LogP contribution in [0.4, 0.5) is 13.2 Å². The Bertz CT molecular complexity index is 949. The van der Waals surface area contributed by atoms with Crippen molar-refractivity contribution >= 4 is 23.5 Å². The summed E-state index contributed by atoms with van der Waals surface area (Å²) in [5, 5.41) is 6.36. The lowest BCUT2D eigenvalue weighted by Gasteiger charge is -2.19. The lowest BCUT2D eigenvalue weighted by atomic mass is 10.0. The van der Waals surface area contributed by atoms with Crippen LogP contribution in [-0.2, 0) is 0 Å². The number of nitrogens with zero attached hydrogens (tertiary/aromatic N) is 1. The van der Waals surface area contributed by atoms with Gasteiger partial charge in [0, 0.05) is 29.1 Å². The molecular formula is C20H21ClF3N5O. The van der Waals surface area contributed by atoms with E-state index in [0.717, 1.165) is 18.2 Å². The van der Waals surface area contributed by atoms with E-state index in [9.17, 15) is 18.0 Å². The minimum absolute atomic E-state index is 0.0545. The Balaban J connectivity index is 1.72. The largest absolute Gasteiger partial charge is 0.354 e. The zero-order valence-electron chi connectivity index (χ0n) is 16.3. The van der Waals surface area contributed by atoms with Crippen molar-refractivity contribution in [3.8, 4) is 0 Å². The number of guanidine groups is 1. The molecule has 0 aromatic heterocycles. The summed E-state index contributed by atoms with van der Waals surface area (Å²) in [5.41, 5.74) is 6.64. The van der Waals surface area contributed by atoms with E-state index in [4.69, 9.17) is 11.6 Å². The van der Waals surface area contributed by atoms with E-state index in [0.29, 0.717) is 17.0 Å². The molecule has 0 radical (unpaired) electrons. The van der Waals surface area contributed by atoms with E-state index in [1.54, 1.807) is 6.07 Å². The van der Waals surface area contributed by atoms with E-state index in [1.807, 2.05) is 13.8 Å². The Labute approximate surface area is 176 Å². The molecule has 1 heterocycles. The Morgan fingerprint density at radius 3 is 2.57 bits per heavy atom. The number of hydrogen-bond donors (Lipinski definition) is 4. The smallest absolute Gasteiger partial charge is 0.280 e. The third-order valence-corrected chi connectivity index (χ3v) is 4.52. The molecule has 2 aromatic carbocycles. The predicted octanol–water partition coefficient (Wildman–Crippen LogP) is 3.41. The topological polar surface area (TPSA) is 77.5 Å². The van der Waals surface area contributed by atoms with E-state index in [1.165, 1.54) is 12.1 Å². The van der Waals surface area contributed by atoms with Crippen molar-refractivity contribution in [1.82, 2.24) is 21.5 Å². The first-order valence-electron chi connectivity index (χ1n) is 9.29. The maximum absolute atomic E-state index is 13.6. The van der Waals surface area contributed by atoms with Gasteiger partial charge in [-0.2, -0.15) is 4.99 Å². The lowest BCUT2D eigenvalue weighted by Crippen LogP contribution is -2.51. The quantitative estimate of drug-likeness (QED) is 0.434. The zero-order chi connectivity index (χ0) is 21.8. The van der Waals surface area contributed by atoms with Crippen molar-refractivity contribution in [3.05, 3.63) is 70.0 Å². The summed E-state index contributed by atoms with van der Waals surface area (Å²) in [4.78, 5) is 16.4. The van der Waals surface area contributed by atoms with Crippen LogP contribution in [0.3, 0.4) is 0 Å². The number of hydrogen-bond acceptors (Lipinski definition) is 3. The summed E-state index contributed by atoms with van der Waals surface area (Å²) in [6.07, 6.45) is 0.151. The van der Waals surface area contributed by atoms with Gasteiger partial charge < -0.3 is 10.6 Å². The highest BCUT2D eigenvalue weighted by molar-refractivity contribution is 6.30. The first-order chi connectivity index (χ1) is 14.2. The monoisotopic (exact) mass is 439 g/mol. The highest BCUT2D eigenvalue weighted by Crippen LogP contribution is 2.25. The summed E-state index contributed by atoms with van der Waals surface area (Å²) in [6, 6.07) is 6.84. The van der Waals surface area contributed by atoms with Gasteiger partial charge >= 0.3 is 0 Å². The van der Waals surface area contributed by atoms with Gasteiger partial charge in [-0.25, -0.2) is 24.0 Å². The van der Waals surface area contributed by atoms with Crippen LogP contribution in [0.5, 0.6) is 0 Å². The molecule has 0 saturated carbocycles. The molecule has 2 unspecified atom stereocenters. The van der Waals surface area contributed by atoms with Gasteiger partial charge in [-0.05, 0) is 55.8 Å². The number of carbonyl (C=O) groups is 1. The second-order valence-electron chi connectivity index (χ2n) is 7.17. The van der Waals surface area contributed by atoms with Gasteiger partial charge in [0.15, 0.2) is 11.6 Å². The molecule has 160 valence electrons. The van der Waals surface area contributed by atoms with Crippen LogP contribution < -0.4 is 21.5 Å². The van der Waals surface area contributed by atoms with Crippen molar-refractivity contribution in [3.63, 3.8) is 0 Å². The molecule has 0 aliphatic carbocycles. The second kappa shape index (κ2) is 9.46. The standard InChI is InChI=1S/C20H21ClF3N5O/c1-10(2)25-20(27-19(30)11-3-4-15(23)16(24)7-11)26-18-9-17(28-29-18)12-5-13(21)8-14(22)6-12/h3-8,10,17-18,28-29H,9H2,1-2H3,(H2,25,26,27,30). The average Bonchev–Trinajstić information content (AvgIpc) is 3.11. The molecule has 1 amide bonds. The maximum atomic E-state index is 13.6. The molecule has 1 saturated heterocycles. The molecule has 6 nitrogen and oxygen atoms in total. The number of rotatable bonds is 4. The van der Waals surface area contributed by atoms with Gasteiger partial charge in [-0.3, -0.25) is 4.79 Å². The molecule has 1 aliphatic rings. The molecule has 2 atom stereocenters. The number of hydrazine groups is 1. The first-order valence-corrected chi connectivity index (χ1v) is 9.67. The average molecular weight is 440 g/mol. The van der Waals surface area contributed by atoms with Crippen LogP contribution in [0, 0.1) is 17.5 Å². The first kappa shape index (κ1) is 22.1. The van der Waals surface area contributed by atoms with Gasteiger partial charge in [0.25, 0.3) is 5.91 Å². The third-order valence-electron chi connectivity index (χ3n) is 4.31. The second-order valence-corrected chi connectivity index (χ2v) is 7.61. The van der Waals surface area contributed by atoms with E-state index in [-0.39, 0.29) is 29.8 Å². The highest BCUT2D eigenvalue weighted by Gasteiger charge is 2.26. The summed E-state index contributed by atoms with van der Waals surface area (Å²) in [5.74, 6) is -3.17. The highest BCUT2D eigenvalue weighted by atomic mass is 35.5. The van der Waals surface area contributed by atoms with Gasteiger partial charge in [0.05, 0.1) is 6.17 Å².